The highest BCUT2D eigenvalue weighted by atomic mass is 35.5. The Balaban J connectivity index is 2.93. The van der Waals surface area contributed by atoms with E-state index in [1.807, 2.05) is 31.2 Å². The second-order valence-electron chi connectivity index (χ2n) is 3.71. The topological polar surface area (TPSA) is 46.2 Å². The van der Waals surface area contributed by atoms with Crippen molar-refractivity contribution in [2.75, 3.05) is 6.61 Å². The smallest absolute Gasteiger partial charge is 0.0441 e. The molecule has 2 nitrogen and oxygen atoms in total. The Hall–Kier alpha value is -0.570. The van der Waals surface area contributed by atoms with Gasteiger partial charge in [0.1, 0.15) is 0 Å². The van der Waals surface area contributed by atoms with Crippen molar-refractivity contribution < 1.29 is 5.11 Å². The molecule has 2 atom stereocenters. The van der Waals surface area contributed by atoms with Crippen molar-refractivity contribution in [1.29, 1.82) is 0 Å². The molecule has 0 aromatic heterocycles. The van der Waals surface area contributed by atoms with Gasteiger partial charge < -0.3 is 10.8 Å². The van der Waals surface area contributed by atoms with Crippen molar-refractivity contribution in [3.63, 3.8) is 0 Å². The van der Waals surface area contributed by atoms with Crippen LogP contribution in [0.5, 0.6) is 0 Å². The van der Waals surface area contributed by atoms with Crippen LogP contribution < -0.4 is 5.73 Å². The van der Waals surface area contributed by atoms with Crippen LogP contribution in [0.2, 0.25) is 5.02 Å². The lowest BCUT2D eigenvalue weighted by Crippen LogP contribution is -2.28. The van der Waals surface area contributed by atoms with Gasteiger partial charge in [0.15, 0.2) is 0 Å². The van der Waals surface area contributed by atoms with Crippen LogP contribution in [0.15, 0.2) is 24.3 Å². The SMILES string of the molecule is CCC(N)C(CCO)c1ccccc1Cl. The Labute approximate surface area is 96.1 Å². The van der Waals surface area contributed by atoms with Crippen LogP contribution in [0, 0.1) is 0 Å². The summed E-state index contributed by atoms with van der Waals surface area (Å²) in [7, 11) is 0. The van der Waals surface area contributed by atoms with Crippen molar-refractivity contribution >= 4 is 11.6 Å². The Bertz CT molecular complexity index is 303. The first kappa shape index (κ1) is 12.5. The minimum atomic E-state index is 0.0528. The Kier molecular flexibility index (Phi) is 5.09. The third-order valence-corrected chi connectivity index (χ3v) is 3.08. The Morgan fingerprint density at radius 1 is 1.40 bits per heavy atom. The zero-order valence-corrected chi connectivity index (χ0v) is 9.74. The zero-order valence-electron chi connectivity index (χ0n) is 8.99. The fraction of sp³-hybridized carbons (Fsp3) is 0.500. The van der Waals surface area contributed by atoms with Gasteiger partial charge in [-0.1, -0.05) is 36.7 Å². The van der Waals surface area contributed by atoms with E-state index >= 15 is 0 Å². The van der Waals surface area contributed by atoms with Crippen LogP contribution in [0.4, 0.5) is 0 Å². The van der Waals surface area contributed by atoms with Crippen molar-refractivity contribution in [2.24, 2.45) is 5.73 Å². The average molecular weight is 228 g/mol. The van der Waals surface area contributed by atoms with Crippen molar-refractivity contribution in [3.8, 4) is 0 Å². The third kappa shape index (κ3) is 3.20. The highest BCUT2D eigenvalue weighted by Crippen LogP contribution is 2.29. The van der Waals surface area contributed by atoms with E-state index in [1.165, 1.54) is 0 Å². The summed E-state index contributed by atoms with van der Waals surface area (Å²) in [6.45, 7) is 2.19. The molecule has 0 bridgehead atoms. The maximum Gasteiger partial charge on any atom is 0.0441 e. The average Bonchev–Trinajstić information content (AvgIpc) is 2.26. The highest BCUT2D eigenvalue weighted by molar-refractivity contribution is 6.31. The van der Waals surface area contributed by atoms with E-state index in [4.69, 9.17) is 22.4 Å². The molecule has 1 aromatic carbocycles. The molecule has 0 radical (unpaired) electrons. The maximum atomic E-state index is 9.03. The fourth-order valence-corrected chi connectivity index (χ4v) is 2.08. The molecular weight excluding hydrogens is 210 g/mol. The Morgan fingerprint density at radius 3 is 2.60 bits per heavy atom. The van der Waals surface area contributed by atoms with Gasteiger partial charge in [-0.2, -0.15) is 0 Å². The van der Waals surface area contributed by atoms with E-state index < -0.39 is 0 Å². The summed E-state index contributed by atoms with van der Waals surface area (Å²) in [6.07, 6.45) is 1.55. The standard InChI is InChI=1S/C12H18ClNO/c1-2-12(14)10(7-8-15)9-5-3-4-6-11(9)13/h3-6,10,12,15H,2,7-8,14H2,1H3. The predicted octanol–water partition coefficient (Wildman–Crippen LogP) is 2.54. The number of nitrogens with two attached hydrogens (primary N) is 1. The lowest BCUT2D eigenvalue weighted by molar-refractivity contribution is 0.266. The number of hydrogen-bond donors (Lipinski definition) is 2. The molecule has 0 spiro atoms. The second-order valence-corrected chi connectivity index (χ2v) is 4.12. The van der Waals surface area contributed by atoms with E-state index in [9.17, 15) is 0 Å². The molecule has 1 rings (SSSR count). The molecule has 3 N–H and O–H groups in total. The highest BCUT2D eigenvalue weighted by Gasteiger charge is 2.19. The van der Waals surface area contributed by atoms with Gasteiger partial charge in [0.25, 0.3) is 0 Å². The van der Waals surface area contributed by atoms with E-state index in [1.54, 1.807) is 0 Å². The lowest BCUT2D eigenvalue weighted by atomic mass is 9.88. The summed E-state index contributed by atoms with van der Waals surface area (Å²) in [4.78, 5) is 0. The van der Waals surface area contributed by atoms with E-state index in [2.05, 4.69) is 0 Å². The van der Waals surface area contributed by atoms with E-state index in [-0.39, 0.29) is 18.6 Å². The molecular formula is C12H18ClNO. The predicted molar refractivity (Wildman–Crippen MR) is 64.2 cm³/mol. The first-order chi connectivity index (χ1) is 7.20. The minimum Gasteiger partial charge on any atom is -0.396 e. The third-order valence-electron chi connectivity index (χ3n) is 2.73. The van der Waals surface area contributed by atoms with Gasteiger partial charge >= 0.3 is 0 Å². The molecule has 0 fully saturated rings. The van der Waals surface area contributed by atoms with Crippen molar-refractivity contribution in [3.05, 3.63) is 34.9 Å². The fourth-order valence-electron chi connectivity index (χ4n) is 1.80. The quantitative estimate of drug-likeness (QED) is 0.812. The Morgan fingerprint density at radius 2 is 2.07 bits per heavy atom. The molecule has 2 unspecified atom stereocenters. The van der Waals surface area contributed by atoms with Crippen molar-refractivity contribution in [1.82, 2.24) is 0 Å². The summed E-state index contributed by atoms with van der Waals surface area (Å²) < 4.78 is 0. The molecule has 1 aromatic rings. The number of rotatable bonds is 5. The number of hydrogen-bond acceptors (Lipinski definition) is 2. The minimum absolute atomic E-state index is 0.0528. The largest absolute Gasteiger partial charge is 0.396 e. The maximum absolute atomic E-state index is 9.03. The van der Waals surface area contributed by atoms with Gasteiger partial charge in [-0.3, -0.25) is 0 Å². The number of halogens is 1. The van der Waals surface area contributed by atoms with Crippen LogP contribution >= 0.6 is 11.6 Å². The van der Waals surface area contributed by atoms with Crippen LogP contribution in [-0.2, 0) is 0 Å². The molecule has 84 valence electrons. The zero-order chi connectivity index (χ0) is 11.3. The molecule has 0 aliphatic rings. The van der Waals surface area contributed by atoms with Crippen molar-refractivity contribution in [2.45, 2.75) is 31.7 Å². The number of benzene rings is 1. The van der Waals surface area contributed by atoms with Gasteiger partial charge in [0.2, 0.25) is 0 Å². The molecule has 3 heteroatoms. The second kappa shape index (κ2) is 6.11. The van der Waals surface area contributed by atoms with E-state index in [0.29, 0.717) is 6.42 Å². The summed E-state index contributed by atoms with van der Waals surface area (Å²) in [5.41, 5.74) is 7.08. The molecule has 0 aliphatic carbocycles. The van der Waals surface area contributed by atoms with Gasteiger partial charge in [-0.25, -0.2) is 0 Å². The summed E-state index contributed by atoms with van der Waals surface area (Å²) in [5, 5.41) is 9.77. The van der Waals surface area contributed by atoms with Gasteiger partial charge in [-0.05, 0) is 24.5 Å². The van der Waals surface area contributed by atoms with Crippen LogP contribution in [0.25, 0.3) is 0 Å². The monoisotopic (exact) mass is 227 g/mol. The normalized spacial score (nSPS) is 14.9. The van der Waals surface area contributed by atoms with Gasteiger partial charge in [0, 0.05) is 23.6 Å². The lowest BCUT2D eigenvalue weighted by Gasteiger charge is -2.23. The molecule has 0 amide bonds. The van der Waals surface area contributed by atoms with E-state index in [0.717, 1.165) is 17.0 Å². The molecule has 0 saturated heterocycles. The van der Waals surface area contributed by atoms with Crippen LogP contribution in [0.3, 0.4) is 0 Å². The first-order valence-electron chi connectivity index (χ1n) is 5.31. The summed E-state index contributed by atoms with van der Waals surface area (Å²) in [5.74, 6) is 0.147. The van der Waals surface area contributed by atoms with Gasteiger partial charge in [-0.15, -0.1) is 0 Å². The number of aliphatic hydroxyl groups is 1. The van der Waals surface area contributed by atoms with Gasteiger partial charge in [0.05, 0.1) is 0 Å². The molecule has 0 aliphatic heterocycles. The number of aliphatic hydroxyl groups excluding tert-OH is 1. The first-order valence-corrected chi connectivity index (χ1v) is 5.69. The molecule has 0 saturated carbocycles. The van der Waals surface area contributed by atoms with Crippen LogP contribution in [-0.4, -0.2) is 17.8 Å². The van der Waals surface area contributed by atoms with Crippen LogP contribution in [0.1, 0.15) is 31.2 Å². The molecule has 0 heterocycles. The summed E-state index contributed by atoms with van der Waals surface area (Å²) in [6, 6.07) is 7.76. The summed E-state index contributed by atoms with van der Waals surface area (Å²) >= 11 is 6.12. The molecule has 15 heavy (non-hydrogen) atoms.